The Morgan fingerprint density at radius 3 is 2.92 bits per heavy atom. The summed E-state index contributed by atoms with van der Waals surface area (Å²) in [4.78, 5) is 12.3. The summed E-state index contributed by atoms with van der Waals surface area (Å²) in [6, 6.07) is 7.41. The SMILES string of the molecule is C[C@H](Sc1nnc(-c2ccco2)n1N)C(=O)Nc1ccc(Cl)cc1F. The summed E-state index contributed by atoms with van der Waals surface area (Å²) in [5.41, 5.74) is 0.0485. The van der Waals surface area contributed by atoms with Crippen molar-refractivity contribution >= 4 is 35.0 Å². The van der Waals surface area contributed by atoms with Crippen molar-refractivity contribution in [3.8, 4) is 11.6 Å². The molecular weight excluding hydrogens is 369 g/mol. The first-order valence-electron chi connectivity index (χ1n) is 7.12. The van der Waals surface area contributed by atoms with Gasteiger partial charge in [-0.05, 0) is 37.3 Å². The zero-order valence-electron chi connectivity index (χ0n) is 12.9. The summed E-state index contributed by atoms with van der Waals surface area (Å²) in [6.07, 6.45) is 1.49. The van der Waals surface area contributed by atoms with E-state index in [0.717, 1.165) is 17.8 Å². The van der Waals surface area contributed by atoms with Gasteiger partial charge in [-0.25, -0.2) is 9.07 Å². The second-order valence-electron chi connectivity index (χ2n) is 5.03. The smallest absolute Gasteiger partial charge is 0.237 e. The first-order chi connectivity index (χ1) is 12.0. The molecule has 3 rings (SSSR count). The standard InChI is InChI=1S/C15H13ClFN5O2S/c1-8(14(23)19-11-5-4-9(16)7-10(11)17)25-15-21-20-13(22(15)18)12-3-2-6-24-12/h2-8H,18H2,1H3,(H,19,23)/t8-/m0/s1. The van der Waals surface area contributed by atoms with E-state index < -0.39 is 17.0 Å². The Hall–Kier alpha value is -2.52. The van der Waals surface area contributed by atoms with Crippen molar-refractivity contribution in [2.45, 2.75) is 17.3 Å². The molecule has 0 bridgehead atoms. The highest BCUT2D eigenvalue weighted by molar-refractivity contribution is 8.00. The van der Waals surface area contributed by atoms with Gasteiger partial charge in [0.25, 0.3) is 0 Å². The number of aromatic nitrogens is 3. The predicted octanol–water partition coefficient (Wildman–Crippen LogP) is 3.16. The molecule has 0 aliphatic carbocycles. The van der Waals surface area contributed by atoms with E-state index in [1.54, 1.807) is 19.1 Å². The number of amides is 1. The van der Waals surface area contributed by atoms with E-state index in [9.17, 15) is 9.18 Å². The van der Waals surface area contributed by atoms with E-state index in [4.69, 9.17) is 21.9 Å². The van der Waals surface area contributed by atoms with E-state index >= 15 is 0 Å². The first kappa shape index (κ1) is 17.3. The van der Waals surface area contributed by atoms with Crippen LogP contribution in [-0.2, 0) is 4.79 Å². The molecule has 1 amide bonds. The summed E-state index contributed by atoms with van der Waals surface area (Å²) in [6.45, 7) is 1.65. The van der Waals surface area contributed by atoms with Gasteiger partial charge in [0, 0.05) is 5.02 Å². The Labute approximate surface area is 151 Å². The monoisotopic (exact) mass is 381 g/mol. The topological polar surface area (TPSA) is 99.0 Å². The van der Waals surface area contributed by atoms with E-state index in [2.05, 4.69) is 15.5 Å². The lowest BCUT2D eigenvalue weighted by atomic mass is 10.3. The van der Waals surface area contributed by atoms with Crippen LogP contribution in [0.2, 0.25) is 5.02 Å². The molecule has 3 N–H and O–H groups in total. The van der Waals surface area contributed by atoms with E-state index in [1.807, 2.05) is 0 Å². The summed E-state index contributed by atoms with van der Waals surface area (Å²) in [5, 5.41) is 10.4. The number of benzene rings is 1. The highest BCUT2D eigenvalue weighted by Crippen LogP contribution is 2.26. The number of nitrogen functional groups attached to an aromatic ring is 1. The number of halogens is 2. The number of nitrogens with zero attached hydrogens (tertiary/aromatic N) is 3. The molecule has 1 atom stereocenters. The molecular formula is C15H13ClFN5O2S. The van der Waals surface area contributed by atoms with Gasteiger partial charge in [0.1, 0.15) is 5.82 Å². The summed E-state index contributed by atoms with van der Waals surface area (Å²) in [5.74, 6) is 5.72. The first-order valence-corrected chi connectivity index (χ1v) is 8.38. The fourth-order valence-corrected chi connectivity index (χ4v) is 2.90. The quantitative estimate of drug-likeness (QED) is 0.520. The van der Waals surface area contributed by atoms with Gasteiger partial charge < -0.3 is 15.6 Å². The van der Waals surface area contributed by atoms with Gasteiger partial charge in [-0.3, -0.25) is 4.79 Å². The lowest BCUT2D eigenvalue weighted by molar-refractivity contribution is -0.115. The Bertz CT molecular complexity index is 899. The molecule has 0 unspecified atom stereocenters. The number of anilines is 1. The molecule has 0 aliphatic rings. The number of rotatable bonds is 5. The van der Waals surface area contributed by atoms with Crippen LogP contribution in [0, 0.1) is 5.82 Å². The second kappa shape index (κ2) is 7.16. The van der Waals surface area contributed by atoms with Gasteiger partial charge in [0.2, 0.25) is 16.9 Å². The van der Waals surface area contributed by atoms with Gasteiger partial charge in [0.15, 0.2) is 5.76 Å². The van der Waals surface area contributed by atoms with Gasteiger partial charge in [0.05, 0.1) is 17.2 Å². The van der Waals surface area contributed by atoms with E-state index in [-0.39, 0.29) is 10.7 Å². The van der Waals surface area contributed by atoms with Crippen molar-refractivity contribution < 1.29 is 13.6 Å². The van der Waals surface area contributed by atoms with Gasteiger partial charge >= 0.3 is 0 Å². The normalized spacial score (nSPS) is 12.1. The third kappa shape index (κ3) is 3.77. The molecule has 3 aromatic rings. The molecule has 1 aromatic carbocycles. The minimum Gasteiger partial charge on any atom is -0.461 e. The Morgan fingerprint density at radius 1 is 1.44 bits per heavy atom. The van der Waals surface area contributed by atoms with Crippen LogP contribution < -0.4 is 11.2 Å². The lowest BCUT2D eigenvalue weighted by Crippen LogP contribution is -2.24. The number of carbonyl (C=O) groups excluding carboxylic acids is 1. The highest BCUT2D eigenvalue weighted by Gasteiger charge is 2.21. The van der Waals surface area contributed by atoms with Crippen molar-refractivity contribution in [2.24, 2.45) is 0 Å². The molecule has 0 fully saturated rings. The minimum absolute atomic E-state index is 0.0485. The summed E-state index contributed by atoms with van der Waals surface area (Å²) >= 11 is 6.78. The minimum atomic E-state index is -0.611. The van der Waals surface area contributed by atoms with Crippen LogP contribution in [0.1, 0.15) is 6.92 Å². The van der Waals surface area contributed by atoms with Crippen molar-refractivity contribution in [1.29, 1.82) is 0 Å². The number of thioether (sulfide) groups is 1. The van der Waals surface area contributed by atoms with Crippen molar-refractivity contribution in [1.82, 2.24) is 14.9 Å². The molecule has 25 heavy (non-hydrogen) atoms. The summed E-state index contributed by atoms with van der Waals surface area (Å²) in [7, 11) is 0. The third-order valence-corrected chi connectivity index (χ3v) is 4.54. The maximum atomic E-state index is 13.8. The lowest BCUT2D eigenvalue weighted by Gasteiger charge is -2.12. The predicted molar refractivity (Wildman–Crippen MR) is 93.2 cm³/mol. The fraction of sp³-hybridized carbons (Fsp3) is 0.133. The van der Waals surface area contributed by atoms with Crippen LogP contribution in [0.25, 0.3) is 11.6 Å². The van der Waals surface area contributed by atoms with Crippen molar-refractivity contribution in [3.63, 3.8) is 0 Å². The molecule has 0 aliphatic heterocycles. The number of nitrogens with two attached hydrogens (primary N) is 1. The molecule has 0 saturated heterocycles. The van der Waals surface area contributed by atoms with E-state index in [0.29, 0.717) is 16.7 Å². The van der Waals surface area contributed by atoms with Crippen LogP contribution in [0.3, 0.4) is 0 Å². The highest BCUT2D eigenvalue weighted by atomic mass is 35.5. The molecule has 2 heterocycles. The Morgan fingerprint density at radius 2 is 2.24 bits per heavy atom. The fourth-order valence-electron chi connectivity index (χ4n) is 1.97. The number of carbonyl (C=O) groups is 1. The molecule has 0 spiro atoms. The number of hydrogen-bond donors (Lipinski definition) is 2. The maximum Gasteiger partial charge on any atom is 0.237 e. The molecule has 7 nitrogen and oxygen atoms in total. The molecule has 10 heteroatoms. The van der Waals surface area contributed by atoms with Crippen LogP contribution in [0.15, 0.2) is 46.2 Å². The third-order valence-electron chi connectivity index (χ3n) is 3.25. The molecule has 0 radical (unpaired) electrons. The molecule has 130 valence electrons. The maximum absolute atomic E-state index is 13.8. The second-order valence-corrected chi connectivity index (χ2v) is 6.77. The van der Waals surface area contributed by atoms with Crippen LogP contribution >= 0.6 is 23.4 Å². The van der Waals surface area contributed by atoms with Gasteiger partial charge in [-0.1, -0.05) is 23.4 Å². The Kier molecular flexibility index (Phi) is 4.95. The summed E-state index contributed by atoms with van der Waals surface area (Å²) < 4.78 is 20.2. The van der Waals surface area contributed by atoms with Crippen molar-refractivity contribution in [2.75, 3.05) is 11.2 Å². The molecule has 2 aromatic heterocycles. The largest absolute Gasteiger partial charge is 0.461 e. The molecule has 0 saturated carbocycles. The average molecular weight is 382 g/mol. The zero-order valence-corrected chi connectivity index (χ0v) is 14.5. The van der Waals surface area contributed by atoms with Crippen LogP contribution in [-0.4, -0.2) is 26.0 Å². The number of furan rings is 1. The number of hydrogen-bond acceptors (Lipinski definition) is 6. The Balaban J connectivity index is 1.69. The number of nitrogens with one attached hydrogen (secondary N) is 1. The van der Waals surface area contributed by atoms with Crippen LogP contribution in [0.5, 0.6) is 0 Å². The van der Waals surface area contributed by atoms with Crippen molar-refractivity contribution in [3.05, 3.63) is 47.4 Å². The average Bonchev–Trinajstić information content (AvgIpc) is 3.20. The van der Waals surface area contributed by atoms with Gasteiger partial charge in [-0.15, -0.1) is 10.2 Å². The van der Waals surface area contributed by atoms with Crippen LogP contribution in [0.4, 0.5) is 10.1 Å². The van der Waals surface area contributed by atoms with Gasteiger partial charge in [-0.2, -0.15) is 0 Å². The van der Waals surface area contributed by atoms with E-state index in [1.165, 1.54) is 23.1 Å². The zero-order chi connectivity index (χ0) is 18.0.